The standard InChI is InChI=1S/C15H25FN4O6P2/c1-5-23-14(19-11(4)17)13-9(2)20(8-18-13)12(6-27)25-15(16)7-24-28(21,22)26-10(15)3/h8,10,12H,4-7,17,27H2,1-3H3,(H,21,22)/t10-,12?,15+/m0/s1. The van der Waals surface area contributed by atoms with Crippen molar-refractivity contribution in [1.29, 1.82) is 0 Å². The van der Waals surface area contributed by atoms with E-state index in [1.54, 1.807) is 18.4 Å². The molecule has 1 aromatic heterocycles. The van der Waals surface area contributed by atoms with Crippen LogP contribution in [0.5, 0.6) is 0 Å². The number of halogens is 1. The number of phosphoric ester groups is 1. The van der Waals surface area contributed by atoms with Crippen LogP contribution in [-0.4, -0.2) is 51.7 Å². The SMILES string of the molecule is C=C(N)N=C(OCC)c1ncn(C(CP)O[C@]2(F)COP(=O)(O)O[C@H]2C)c1C. The number of ether oxygens (including phenoxy) is 2. The molecule has 5 atom stereocenters. The van der Waals surface area contributed by atoms with E-state index in [2.05, 4.69) is 30.3 Å². The molecule has 0 spiro atoms. The van der Waals surface area contributed by atoms with Gasteiger partial charge in [0.1, 0.15) is 30.5 Å². The summed E-state index contributed by atoms with van der Waals surface area (Å²) in [5.41, 5.74) is 6.52. The van der Waals surface area contributed by atoms with E-state index in [9.17, 15) is 9.46 Å². The predicted octanol–water partition coefficient (Wildman–Crippen LogP) is 2.00. The van der Waals surface area contributed by atoms with Gasteiger partial charge in [-0.3, -0.25) is 9.05 Å². The van der Waals surface area contributed by atoms with Gasteiger partial charge in [-0.25, -0.2) is 13.9 Å². The van der Waals surface area contributed by atoms with Crippen molar-refractivity contribution in [2.45, 2.75) is 39.0 Å². The summed E-state index contributed by atoms with van der Waals surface area (Å²) in [5.74, 6) is -2.20. The van der Waals surface area contributed by atoms with Crippen LogP contribution in [0.3, 0.4) is 0 Å². The molecule has 158 valence electrons. The van der Waals surface area contributed by atoms with E-state index in [1.807, 2.05) is 0 Å². The Bertz CT molecular complexity index is 803. The minimum absolute atomic E-state index is 0.0534. The van der Waals surface area contributed by atoms with Gasteiger partial charge in [-0.2, -0.15) is 4.99 Å². The lowest BCUT2D eigenvalue weighted by molar-refractivity contribution is -0.266. The fourth-order valence-corrected chi connectivity index (χ4v) is 3.79. The van der Waals surface area contributed by atoms with Gasteiger partial charge < -0.3 is 24.7 Å². The third-order valence-electron chi connectivity index (χ3n) is 3.94. The lowest BCUT2D eigenvalue weighted by atomic mass is 10.2. The number of nitrogens with zero attached hydrogens (tertiary/aromatic N) is 3. The molecule has 13 heteroatoms. The Morgan fingerprint density at radius 1 is 1.75 bits per heavy atom. The molecule has 0 radical (unpaired) electrons. The number of nitrogens with two attached hydrogens (primary N) is 1. The van der Waals surface area contributed by atoms with Gasteiger partial charge >= 0.3 is 7.82 Å². The van der Waals surface area contributed by atoms with Gasteiger partial charge in [0, 0.05) is 11.9 Å². The molecule has 0 aromatic carbocycles. The smallest absolute Gasteiger partial charge is 0.472 e. The fraction of sp³-hybridized carbons (Fsp3) is 0.600. The Kier molecular flexibility index (Phi) is 7.36. The summed E-state index contributed by atoms with van der Waals surface area (Å²) >= 11 is 0. The van der Waals surface area contributed by atoms with Gasteiger partial charge in [0.05, 0.1) is 12.9 Å². The maximum atomic E-state index is 15.2. The van der Waals surface area contributed by atoms with Crippen LogP contribution in [0, 0.1) is 6.92 Å². The summed E-state index contributed by atoms with van der Waals surface area (Å²) in [7, 11) is -1.83. The molecular weight excluding hydrogens is 413 g/mol. The Morgan fingerprint density at radius 3 is 2.96 bits per heavy atom. The summed E-state index contributed by atoms with van der Waals surface area (Å²) in [4.78, 5) is 17.6. The molecule has 0 saturated carbocycles. The van der Waals surface area contributed by atoms with Gasteiger partial charge in [0.2, 0.25) is 5.90 Å². The normalized spacial score (nSPS) is 29.5. The van der Waals surface area contributed by atoms with Crippen LogP contribution < -0.4 is 5.73 Å². The first-order valence-electron chi connectivity index (χ1n) is 8.45. The van der Waals surface area contributed by atoms with Gasteiger partial charge in [-0.15, -0.1) is 9.24 Å². The van der Waals surface area contributed by atoms with Crippen molar-refractivity contribution in [3.63, 3.8) is 0 Å². The van der Waals surface area contributed by atoms with Crippen LogP contribution in [0.25, 0.3) is 0 Å². The molecule has 1 saturated heterocycles. The molecule has 10 nitrogen and oxygen atoms in total. The van der Waals surface area contributed by atoms with Crippen LogP contribution in [0.1, 0.15) is 31.5 Å². The highest BCUT2D eigenvalue weighted by Crippen LogP contribution is 2.52. The number of phosphoric acid groups is 1. The minimum atomic E-state index is -4.28. The highest BCUT2D eigenvalue weighted by atomic mass is 31.2. The second-order valence-corrected chi connectivity index (χ2v) is 7.89. The van der Waals surface area contributed by atoms with E-state index in [4.69, 9.17) is 19.7 Å². The average Bonchev–Trinajstić information content (AvgIpc) is 2.97. The highest BCUT2D eigenvalue weighted by Gasteiger charge is 2.50. The zero-order valence-electron chi connectivity index (χ0n) is 15.9. The van der Waals surface area contributed by atoms with E-state index in [-0.39, 0.29) is 17.9 Å². The van der Waals surface area contributed by atoms with Gasteiger partial charge in [0.25, 0.3) is 5.85 Å². The molecule has 1 aromatic rings. The van der Waals surface area contributed by atoms with Crippen molar-refractivity contribution in [2.24, 2.45) is 10.7 Å². The average molecular weight is 438 g/mol. The molecule has 0 aliphatic carbocycles. The second-order valence-electron chi connectivity index (χ2n) is 6.01. The first-order chi connectivity index (χ1) is 13.0. The maximum absolute atomic E-state index is 15.2. The molecule has 1 aliphatic heterocycles. The molecule has 3 N–H and O–H groups in total. The largest absolute Gasteiger partial charge is 0.476 e. The van der Waals surface area contributed by atoms with E-state index >= 15 is 4.39 Å². The number of aliphatic imine (C=N–C) groups is 1. The molecule has 0 bridgehead atoms. The zero-order chi connectivity index (χ0) is 21.1. The molecule has 3 unspecified atom stereocenters. The number of alkyl halides is 1. The Labute approximate surface area is 164 Å². The van der Waals surface area contributed by atoms with Gasteiger partial charge in [-0.05, 0) is 20.8 Å². The quantitative estimate of drug-likeness (QED) is 0.376. The van der Waals surface area contributed by atoms with Crippen molar-refractivity contribution in [3.8, 4) is 0 Å². The summed E-state index contributed by atoms with van der Waals surface area (Å²) in [6.07, 6.45) is -0.411. The number of aromatic nitrogens is 2. The molecule has 2 heterocycles. The van der Waals surface area contributed by atoms with Gasteiger partial charge in [0.15, 0.2) is 0 Å². The van der Waals surface area contributed by atoms with Crippen LogP contribution in [0.2, 0.25) is 0 Å². The molecule has 2 rings (SSSR count). The monoisotopic (exact) mass is 438 g/mol. The topological polar surface area (TPSA) is 130 Å². The first kappa shape index (κ1) is 22.9. The zero-order valence-corrected chi connectivity index (χ0v) is 17.9. The first-order valence-corrected chi connectivity index (χ1v) is 10.8. The van der Waals surface area contributed by atoms with Crippen molar-refractivity contribution < 1.29 is 32.4 Å². The van der Waals surface area contributed by atoms with E-state index in [0.29, 0.717) is 18.0 Å². The van der Waals surface area contributed by atoms with Crippen LogP contribution in [0.4, 0.5) is 4.39 Å². The van der Waals surface area contributed by atoms with Crippen molar-refractivity contribution in [1.82, 2.24) is 9.55 Å². The predicted molar refractivity (Wildman–Crippen MR) is 103 cm³/mol. The fourth-order valence-electron chi connectivity index (χ4n) is 2.51. The van der Waals surface area contributed by atoms with E-state index < -0.39 is 32.6 Å². The summed E-state index contributed by atoms with van der Waals surface area (Å²) in [6, 6.07) is 0. The highest BCUT2D eigenvalue weighted by molar-refractivity contribution is 7.47. The van der Waals surface area contributed by atoms with Crippen molar-refractivity contribution >= 4 is 23.0 Å². The molecule has 0 amide bonds. The lowest BCUT2D eigenvalue weighted by Crippen LogP contribution is -2.48. The molecule has 28 heavy (non-hydrogen) atoms. The number of rotatable bonds is 7. The minimum Gasteiger partial charge on any atom is -0.476 e. The Hall–Kier alpha value is -1.35. The Balaban J connectivity index is 2.29. The Morgan fingerprint density at radius 2 is 2.43 bits per heavy atom. The molecule has 1 aliphatic rings. The van der Waals surface area contributed by atoms with Crippen molar-refractivity contribution in [3.05, 3.63) is 30.1 Å². The molecule has 1 fully saturated rings. The lowest BCUT2D eigenvalue weighted by Gasteiger charge is -2.38. The number of hydrogen-bond acceptors (Lipinski definition) is 8. The van der Waals surface area contributed by atoms with Crippen LogP contribution >= 0.6 is 17.1 Å². The number of hydrogen-bond donors (Lipinski definition) is 2. The van der Waals surface area contributed by atoms with Crippen LogP contribution in [0.15, 0.2) is 23.7 Å². The van der Waals surface area contributed by atoms with Gasteiger partial charge in [-0.1, -0.05) is 6.58 Å². The second kappa shape index (κ2) is 8.98. The van der Waals surface area contributed by atoms with E-state index in [0.717, 1.165) is 0 Å². The van der Waals surface area contributed by atoms with Crippen LogP contribution in [-0.2, 0) is 23.1 Å². The number of imidazole rings is 1. The third-order valence-corrected chi connectivity index (χ3v) is 5.38. The summed E-state index contributed by atoms with van der Waals surface area (Å²) in [6.45, 7) is 7.93. The van der Waals surface area contributed by atoms with E-state index in [1.165, 1.54) is 13.3 Å². The third kappa shape index (κ3) is 5.17. The molecular formula is C15H25FN4O6P2. The van der Waals surface area contributed by atoms with Crippen molar-refractivity contribution in [2.75, 3.05) is 19.4 Å². The summed E-state index contributed by atoms with van der Waals surface area (Å²) < 4.78 is 48.6. The maximum Gasteiger partial charge on any atom is 0.472 e. The summed E-state index contributed by atoms with van der Waals surface area (Å²) in [5, 5.41) is 0.